The Balaban J connectivity index is 2.44. The van der Waals surface area contributed by atoms with Crippen LogP contribution >= 0.6 is 0 Å². The second-order valence-corrected chi connectivity index (χ2v) is 6.71. The molecule has 3 heteroatoms. The molecule has 0 aromatic heterocycles. The summed E-state index contributed by atoms with van der Waals surface area (Å²) in [6.07, 6.45) is 0. The van der Waals surface area contributed by atoms with Crippen molar-refractivity contribution in [3.05, 3.63) is 5.21 Å². The predicted octanol–water partition coefficient (Wildman–Crippen LogP) is -2.58. The molecule has 1 rings (SSSR count). The molecule has 0 bridgehead atoms. The third-order valence-corrected chi connectivity index (χ3v) is 5.45. The van der Waals surface area contributed by atoms with E-state index in [0.717, 1.165) is 3.92 Å². The first-order valence-electron chi connectivity index (χ1n) is 3.14. The molecule has 1 aliphatic heterocycles. The van der Waals surface area contributed by atoms with Crippen LogP contribution in [0.25, 0.3) is 0 Å². The Morgan fingerprint density at radius 3 is 2.11 bits per heavy atom. The zero-order valence-electron chi connectivity index (χ0n) is 6.10. The quantitative estimate of drug-likeness (QED) is 0.214. The number of hydrogen-bond donors (Lipinski definition) is 0. The summed E-state index contributed by atoms with van der Waals surface area (Å²) in [5.74, 6) is 0. The molecule has 2 unspecified atom stereocenters. The van der Waals surface area contributed by atoms with Gasteiger partial charge in [0.25, 0.3) is 0 Å². The fraction of sp³-hybridized carbons (Fsp3) is 1.00. The predicted molar refractivity (Wildman–Crippen MR) is 33.6 cm³/mol. The van der Waals surface area contributed by atoms with Crippen molar-refractivity contribution in [1.82, 2.24) is 0 Å². The van der Waals surface area contributed by atoms with Crippen molar-refractivity contribution in [3.63, 3.8) is 0 Å². The fourth-order valence-corrected chi connectivity index (χ4v) is 4.71. The van der Waals surface area contributed by atoms with E-state index < -0.39 is 0 Å². The van der Waals surface area contributed by atoms with E-state index >= 15 is 0 Å². The minimum absolute atomic E-state index is 0.0686. The van der Waals surface area contributed by atoms with Crippen LogP contribution in [0.4, 0.5) is 0 Å². The zero-order chi connectivity index (χ0) is 7.07. The Morgan fingerprint density at radius 2 is 2.11 bits per heavy atom. The van der Waals surface area contributed by atoms with Crippen LogP contribution in [-0.2, 0) is 0 Å². The van der Waals surface area contributed by atoms with E-state index in [2.05, 4.69) is 6.92 Å². The normalized spacial score (nSPS) is 36.9. The van der Waals surface area contributed by atoms with Crippen molar-refractivity contribution in [2.45, 2.75) is 16.9 Å². The summed E-state index contributed by atoms with van der Waals surface area (Å²) in [7, 11) is 3.51. The van der Waals surface area contributed by atoms with E-state index in [4.69, 9.17) is 0 Å². The van der Waals surface area contributed by atoms with Gasteiger partial charge in [0.2, 0.25) is 0 Å². The molecule has 2 atom stereocenters. The average Bonchev–Trinajstić information content (AvgIpc) is 1.57. The molecule has 0 spiro atoms. The van der Waals surface area contributed by atoms with E-state index in [1.807, 2.05) is 0 Å². The second kappa shape index (κ2) is 2.36. The molecule has 2 nitrogen and oxygen atoms in total. The molecule has 0 aromatic rings. The van der Waals surface area contributed by atoms with Crippen LogP contribution < -0.4 is 21.2 Å². The van der Waals surface area contributed by atoms with E-state index in [1.165, 1.54) is 4.43 Å². The number of quaternary nitrogens is 1. The molecule has 0 amide bonds. The molecule has 1 heterocycles. The summed E-state index contributed by atoms with van der Waals surface area (Å²) in [6.45, 7) is 2.21. The first kappa shape index (κ1) is 7.75. The maximum absolute atomic E-state index is 11.3. The monoisotopic (exact) mass is 242 g/mol. The van der Waals surface area contributed by atoms with Gasteiger partial charge in [-0.05, 0) is 0 Å². The van der Waals surface area contributed by atoms with Gasteiger partial charge in [-0.3, -0.25) is 0 Å². The van der Waals surface area contributed by atoms with Gasteiger partial charge in [-0.25, -0.2) is 0 Å². The first-order valence-corrected chi connectivity index (χ1v) is 5.91. The topological polar surface area (TPSA) is 23.1 Å². The summed E-state index contributed by atoms with van der Waals surface area (Å²) in [5.41, 5.74) is 0. The van der Waals surface area contributed by atoms with Crippen molar-refractivity contribution in [2.24, 2.45) is 0 Å². The Bertz CT molecular complexity index is 110. The molecule has 0 aliphatic carbocycles. The molecular weight excluding hydrogens is 229 g/mol. The van der Waals surface area contributed by atoms with Gasteiger partial charge < -0.3 is 0 Å². The van der Waals surface area contributed by atoms with Crippen LogP contribution in [0, 0.1) is 5.21 Å². The number of rotatable bonds is 1. The molecule has 0 aromatic carbocycles. The van der Waals surface area contributed by atoms with Crippen molar-refractivity contribution in [2.75, 3.05) is 18.5 Å². The van der Waals surface area contributed by atoms with Gasteiger partial charge >= 0.3 is 66.5 Å². The molecule has 1 fully saturated rings. The van der Waals surface area contributed by atoms with E-state index in [0.29, 0.717) is 27.2 Å². The zero-order valence-corrected chi connectivity index (χ0v) is 8.25. The number of halogens is 1. The van der Waals surface area contributed by atoms with Crippen molar-refractivity contribution in [3.8, 4) is 0 Å². The number of nitrogens with zero attached hydrogens (tertiary/aromatic N) is 1. The maximum atomic E-state index is 11.3. The molecule has 0 saturated carbocycles. The third kappa shape index (κ3) is 1.56. The Morgan fingerprint density at radius 1 is 1.56 bits per heavy atom. The van der Waals surface area contributed by atoms with Gasteiger partial charge in [0.1, 0.15) is 0 Å². The van der Waals surface area contributed by atoms with E-state index in [9.17, 15) is 5.21 Å². The summed E-state index contributed by atoms with van der Waals surface area (Å²) >= 11 is 0.407. The summed E-state index contributed by atoms with van der Waals surface area (Å²) < 4.78 is 1.92. The minimum atomic E-state index is -0.0686. The Labute approximate surface area is 66.7 Å². The molecular formula is C6H13INO-. The van der Waals surface area contributed by atoms with E-state index in [1.54, 1.807) is 14.1 Å². The molecule has 1 saturated heterocycles. The van der Waals surface area contributed by atoms with Gasteiger partial charge in [0.05, 0.1) is 0 Å². The van der Waals surface area contributed by atoms with Crippen molar-refractivity contribution >= 4 is 0 Å². The van der Waals surface area contributed by atoms with Crippen molar-refractivity contribution in [1.29, 1.82) is 0 Å². The van der Waals surface area contributed by atoms with Crippen LogP contribution in [0.5, 0.6) is 0 Å². The molecule has 56 valence electrons. The van der Waals surface area contributed by atoms with Gasteiger partial charge in [-0.15, -0.1) is 0 Å². The molecule has 0 N–H and O–H groups in total. The van der Waals surface area contributed by atoms with E-state index in [-0.39, 0.29) is 4.65 Å². The third-order valence-electron chi connectivity index (χ3n) is 1.82. The fourth-order valence-electron chi connectivity index (χ4n) is 1.01. The van der Waals surface area contributed by atoms with Gasteiger partial charge in [0, 0.05) is 0 Å². The van der Waals surface area contributed by atoms with Gasteiger partial charge in [-0.2, -0.15) is 0 Å². The molecule has 0 radical (unpaired) electrons. The van der Waals surface area contributed by atoms with Gasteiger partial charge in [-0.1, -0.05) is 0 Å². The van der Waals surface area contributed by atoms with Gasteiger partial charge in [0.15, 0.2) is 0 Å². The summed E-state index contributed by atoms with van der Waals surface area (Å²) in [4.78, 5) is 0. The van der Waals surface area contributed by atoms with Crippen molar-refractivity contribution < 1.29 is 25.9 Å². The number of hydroxylamine groups is 3. The number of hydrogen-bond acceptors (Lipinski definition) is 1. The number of alkyl halides is 2. The van der Waals surface area contributed by atoms with Crippen LogP contribution in [0.15, 0.2) is 0 Å². The van der Waals surface area contributed by atoms with Crippen LogP contribution in [-0.4, -0.2) is 33.1 Å². The standard InChI is InChI=1S/C6H13INO/c1-5-6(4-7-5)8(2,3)9/h5-6H,4H2,1-3H3/q-1. The molecule has 1 aliphatic rings. The first-order chi connectivity index (χ1) is 4.02. The summed E-state index contributed by atoms with van der Waals surface area (Å²) in [5, 5.41) is 11.3. The summed E-state index contributed by atoms with van der Waals surface area (Å²) in [6, 6.07) is 0.429. The van der Waals surface area contributed by atoms with Crippen LogP contribution in [0.2, 0.25) is 0 Å². The van der Waals surface area contributed by atoms with Crippen LogP contribution in [0.3, 0.4) is 0 Å². The molecule has 9 heavy (non-hydrogen) atoms. The average molecular weight is 242 g/mol. The Kier molecular flexibility index (Phi) is 2.03. The SMILES string of the molecule is CC1[I-]CC1[N+](C)(C)[O-]. The van der Waals surface area contributed by atoms with Crippen LogP contribution in [0.1, 0.15) is 6.92 Å². The second-order valence-electron chi connectivity index (χ2n) is 2.99. The Hall–Kier alpha value is 0.650.